The molecule has 1 unspecified atom stereocenters. The number of hydrogen-bond acceptors (Lipinski definition) is 5. The molecule has 0 radical (unpaired) electrons. The van der Waals surface area contributed by atoms with E-state index in [0.29, 0.717) is 12.2 Å². The van der Waals surface area contributed by atoms with Crippen LogP contribution in [0.1, 0.15) is 51.8 Å². The van der Waals surface area contributed by atoms with Crippen molar-refractivity contribution in [3.63, 3.8) is 0 Å². The van der Waals surface area contributed by atoms with Crippen LogP contribution in [0.25, 0.3) is 5.78 Å². The largest absolute Gasteiger partial charge is 0.494 e. The number of ether oxygens (including phenoxy) is 1. The van der Waals surface area contributed by atoms with E-state index in [1.165, 1.54) is 4.40 Å². The van der Waals surface area contributed by atoms with Gasteiger partial charge in [-0.25, -0.2) is 9.78 Å². The summed E-state index contributed by atoms with van der Waals surface area (Å²) in [5, 5.41) is 9.89. The number of aromatic hydroxyl groups is 1. The van der Waals surface area contributed by atoms with Gasteiger partial charge in [0.05, 0.1) is 17.8 Å². The molecule has 1 amide bonds. The number of fused-ring (bicyclic) bond motifs is 1. The topological polar surface area (TPSA) is 99.9 Å². The number of imidazole rings is 1. The van der Waals surface area contributed by atoms with Crippen molar-refractivity contribution in [1.29, 1.82) is 0 Å². The smallest absolute Gasteiger partial charge is 0.410 e. The number of nitrogens with zero attached hydrogens (tertiary/aromatic N) is 3. The Kier molecular flexibility index (Phi) is 3.98. The molecule has 0 saturated carbocycles. The van der Waals surface area contributed by atoms with Gasteiger partial charge in [-0.2, -0.15) is 0 Å². The fraction of sp³-hybridized carbons (Fsp3) is 0.562. The van der Waals surface area contributed by atoms with Crippen molar-refractivity contribution in [3.8, 4) is 5.88 Å². The number of hydrogen-bond donors (Lipinski definition) is 2. The molecule has 1 aliphatic rings. The summed E-state index contributed by atoms with van der Waals surface area (Å²) in [6.07, 6.45) is 3.91. The van der Waals surface area contributed by atoms with Crippen molar-refractivity contribution in [1.82, 2.24) is 19.3 Å². The lowest BCUT2D eigenvalue weighted by Gasteiger charge is -2.35. The molecule has 130 valence electrons. The molecule has 0 aromatic carbocycles. The second-order valence-corrected chi connectivity index (χ2v) is 7.04. The van der Waals surface area contributed by atoms with E-state index in [1.807, 2.05) is 20.8 Å². The minimum Gasteiger partial charge on any atom is -0.494 e. The molecule has 0 bridgehead atoms. The van der Waals surface area contributed by atoms with Crippen LogP contribution in [0, 0.1) is 0 Å². The van der Waals surface area contributed by atoms with Crippen molar-refractivity contribution in [2.75, 3.05) is 6.54 Å². The molecule has 2 aromatic heterocycles. The molecule has 8 heteroatoms. The van der Waals surface area contributed by atoms with Gasteiger partial charge >= 0.3 is 6.09 Å². The number of piperidine rings is 1. The van der Waals surface area contributed by atoms with E-state index in [-0.39, 0.29) is 23.8 Å². The molecule has 1 fully saturated rings. The Labute approximate surface area is 139 Å². The average Bonchev–Trinajstić information content (AvgIpc) is 2.89. The van der Waals surface area contributed by atoms with Gasteiger partial charge in [0, 0.05) is 12.7 Å². The zero-order chi connectivity index (χ0) is 17.5. The minimum atomic E-state index is -0.568. The summed E-state index contributed by atoms with van der Waals surface area (Å²) in [5.74, 6) is 0.0665. The van der Waals surface area contributed by atoms with Crippen LogP contribution in [-0.4, -0.2) is 42.6 Å². The zero-order valence-electron chi connectivity index (χ0n) is 14.1. The van der Waals surface area contributed by atoms with E-state index in [4.69, 9.17) is 4.74 Å². The lowest BCUT2D eigenvalue weighted by atomic mass is 10.0. The second kappa shape index (κ2) is 5.85. The molecule has 2 aromatic rings. The maximum atomic E-state index is 12.5. The van der Waals surface area contributed by atoms with Gasteiger partial charge in [-0.3, -0.25) is 19.1 Å². The number of carbonyl (C=O) groups excluding carboxylic acids is 1. The molecular formula is C16H22N4O4. The van der Waals surface area contributed by atoms with Gasteiger partial charge in [-0.05, 0) is 40.0 Å². The maximum Gasteiger partial charge on any atom is 0.410 e. The highest BCUT2D eigenvalue weighted by Gasteiger charge is 2.33. The number of rotatable bonds is 1. The first-order chi connectivity index (χ1) is 11.2. The highest BCUT2D eigenvalue weighted by molar-refractivity contribution is 5.69. The monoisotopic (exact) mass is 334 g/mol. The summed E-state index contributed by atoms with van der Waals surface area (Å²) >= 11 is 0. The van der Waals surface area contributed by atoms with Crippen LogP contribution in [0.4, 0.5) is 4.79 Å². The fourth-order valence-electron chi connectivity index (χ4n) is 2.93. The van der Waals surface area contributed by atoms with Gasteiger partial charge < -0.3 is 9.84 Å². The number of likely N-dealkylation sites (tertiary alicyclic amines) is 1. The fourth-order valence-corrected chi connectivity index (χ4v) is 2.93. The molecule has 1 aliphatic heterocycles. The molecule has 8 nitrogen and oxygen atoms in total. The summed E-state index contributed by atoms with van der Waals surface area (Å²) in [7, 11) is 0. The first-order valence-electron chi connectivity index (χ1n) is 8.05. The van der Waals surface area contributed by atoms with Crippen molar-refractivity contribution in [2.24, 2.45) is 0 Å². The van der Waals surface area contributed by atoms with Crippen LogP contribution < -0.4 is 5.56 Å². The quantitative estimate of drug-likeness (QED) is 0.832. The highest BCUT2D eigenvalue weighted by Crippen LogP contribution is 2.32. The summed E-state index contributed by atoms with van der Waals surface area (Å²) in [5.41, 5.74) is -0.371. The third kappa shape index (κ3) is 3.22. The van der Waals surface area contributed by atoms with E-state index in [2.05, 4.69) is 9.97 Å². The molecule has 24 heavy (non-hydrogen) atoms. The Morgan fingerprint density at radius 3 is 2.88 bits per heavy atom. The Hall–Kier alpha value is -2.51. The van der Waals surface area contributed by atoms with Crippen LogP contribution in [0.3, 0.4) is 0 Å². The predicted octanol–water partition coefficient (Wildman–Crippen LogP) is 2.19. The second-order valence-electron chi connectivity index (χ2n) is 7.04. The molecule has 2 N–H and O–H groups in total. The van der Waals surface area contributed by atoms with Gasteiger partial charge in [0.25, 0.3) is 5.56 Å². The van der Waals surface area contributed by atoms with E-state index >= 15 is 0 Å². The third-order valence-electron chi connectivity index (χ3n) is 3.94. The lowest BCUT2D eigenvalue weighted by Crippen LogP contribution is -2.42. The number of aromatic nitrogens is 3. The third-order valence-corrected chi connectivity index (χ3v) is 3.94. The molecule has 3 rings (SSSR count). The van der Waals surface area contributed by atoms with Crippen molar-refractivity contribution in [3.05, 3.63) is 28.3 Å². The Balaban J connectivity index is 1.95. The predicted molar refractivity (Wildman–Crippen MR) is 87.0 cm³/mol. The van der Waals surface area contributed by atoms with Gasteiger partial charge in [0.2, 0.25) is 11.7 Å². The van der Waals surface area contributed by atoms with Crippen molar-refractivity contribution < 1.29 is 14.6 Å². The van der Waals surface area contributed by atoms with E-state index < -0.39 is 11.2 Å². The number of aromatic amines is 1. The van der Waals surface area contributed by atoms with Crippen LogP contribution in [0.5, 0.6) is 5.88 Å². The first kappa shape index (κ1) is 16.4. The van der Waals surface area contributed by atoms with Gasteiger partial charge in [0.15, 0.2) is 0 Å². The van der Waals surface area contributed by atoms with Crippen molar-refractivity contribution in [2.45, 2.75) is 51.7 Å². The lowest BCUT2D eigenvalue weighted by molar-refractivity contribution is 0.00906. The van der Waals surface area contributed by atoms with E-state index in [0.717, 1.165) is 25.3 Å². The normalized spacial score (nSPS) is 18.8. The minimum absolute atomic E-state index is 0.188. The number of carbonyl (C=O) groups is 1. The van der Waals surface area contributed by atoms with Crippen LogP contribution >= 0.6 is 0 Å². The van der Waals surface area contributed by atoms with Gasteiger partial charge in [0.1, 0.15) is 5.60 Å². The number of nitrogens with one attached hydrogen (secondary N) is 1. The number of H-pyrrole nitrogens is 1. The molecule has 1 atom stereocenters. The molecule has 3 heterocycles. The summed E-state index contributed by atoms with van der Waals surface area (Å²) in [6.45, 7) is 6.09. The van der Waals surface area contributed by atoms with E-state index in [1.54, 1.807) is 11.1 Å². The van der Waals surface area contributed by atoms with Crippen LogP contribution in [-0.2, 0) is 4.74 Å². The summed E-state index contributed by atoms with van der Waals surface area (Å²) in [4.78, 5) is 32.6. The molecule has 1 saturated heterocycles. The summed E-state index contributed by atoms with van der Waals surface area (Å²) < 4.78 is 6.89. The zero-order valence-corrected chi connectivity index (χ0v) is 14.1. The molecule has 0 aliphatic carbocycles. The number of amides is 1. The Morgan fingerprint density at radius 1 is 1.42 bits per heavy atom. The molecular weight excluding hydrogens is 312 g/mol. The SMILES string of the molecule is CC(C)(C)OC(=O)N1CCCCC1c1cn2c(O)cc(=O)[nH]c2n1. The van der Waals surface area contributed by atoms with Crippen molar-refractivity contribution >= 4 is 11.9 Å². The van der Waals surface area contributed by atoms with E-state index in [9.17, 15) is 14.7 Å². The maximum absolute atomic E-state index is 12.5. The Morgan fingerprint density at radius 2 is 2.17 bits per heavy atom. The van der Waals surface area contributed by atoms with Crippen LogP contribution in [0.2, 0.25) is 0 Å². The van der Waals surface area contributed by atoms with Gasteiger partial charge in [-0.1, -0.05) is 0 Å². The first-order valence-corrected chi connectivity index (χ1v) is 8.05. The molecule has 0 spiro atoms. The Bertz CT molecular complexity index is 818. The average molecular weight is 334 g/mol. The van der Waals surface area contributed by atoms with Crippen LogP contribution in [0.15, 0.2) is 17.1 Å². The highest BCUT2D eigenvalue weighted by atomic mass is 16.6. The van der Waals surface area contributed by atoms with Gasteiger partial charge in [-0.15, -0.1) is 0 Å². The summed E-state index contributed by atoms with van der Waals surface area (Å²) in [6, 6.07) is 0.849. The standard InChI is InChI=1S/C16H22N4O4/c1-16(2,3)24-15(23)19-7-5-4-6-11(19)10-9-20-13(22)8-12(21)18-14(20)17-10/h8-9,11,22H,4-7H2,1-3H3,(H,17,18,21).